The zero-order valence-electron chi connectivity index (χ0n) is 23.5. The summed E-state index contributed by atoms with van der Waals surface area (Å²) in [5, 5.41) is 9.84. The van der Waals surface area contributed by atoms with E-state index in [9.17, 15) is 18.3 Å². The van der Waals surface area contributed by atoms with Gasteiger partial charge in [-0.25, -0.2) is 18.2 Å². The molecule has 0 radical (unpaired) electrons. The standard InChI is InChI=1S/C32H29ClN4O5S/c1-19-3-12-25(13-26(19)31(38)39)42-32-34-28-14-27(33)29(35-30(28)36-32)24-10-8-23(9-11-24)22-6-4-20(5-7-22)15-37-16-21(17-37)18-43(2,40)41/h3-14,21H,15-18H2,1-2H3,(H,38,39)(H,34,35,36). The van der Waals surface area contributed by atoms with Gasteiger partial charge in [0, 0.05) is 31.5 Å². The third-order valence-corrected chi connectivity index (χ3v) is 8.85. The van der Waals surface area contributed by atoms with Crippen LogP contribution in [0.15, 0.2) is 72.8 Å². The summed E-state index contributed by atoms with van der Waals surface area (Å²) in [4.78, 5) is 25.9. The van der Waals surface area contributed by atoms with Gasteiger partial charge >= 0.3 is 12.0 Å². The molecule has 11 heteroatoms. The fourth-order valence-electron chi connectivity index (χ4n) is 5.37. The molecule has 0 bridgehead atoms. The highest BCUT2D eigenvalue weighted by molar-refractivity contribution is 7.90. The molecule has 220 valence electrons. The first-order valence-electron chi connectivity index (χ1n) is 13.7. The van der Waals surface area contributed by atoms with Crippen molar-refractivity contribution in [3.8, 4) is 34.1 Å². The van der Waals surface area contributed by atoms with E-state index in [1.165, 1.54) is 17.9 Å². The molecule has 0 unspecified atom stereocenters. The lowest BCUT2D eigenvalue weighted by Crippen LogP contribution is -2.48. The number of hydrogen-bond acceptors (Lipinski definition) is 7. The van der Waals surface area contributed by atoms with Crippen molar-refractivity contribution in [2.24, 2.45) is 5.92 Å². The number of nitrogens with zero attached hydrogens (tertiary/aromatic N) is 3. The summed E-state index contributed by atoms with van der Waals surface area (Å²) in [6.07, 6.45) is 1.30. The van der Waals surface area contributed by atoms with Gasteiger partial charge in [0.1, 0.15) is 15.6 Å². The van der Waals surface area contributed by atoms with Gasteiger partial charge in [-0.2, -0.15) is 4.98 Å². The Hall–Kier alpha value is -4.25. The van der Waals surface area contributed by atoms with Crippen molar-refractivity contribution < 1.29 is 23.1 Å². The first-order valence-corrected chi connectivity index (χ1v) is 16.1. The number of carbonyl (C=O) groups is 1. The smallest absolute Gasteiger partial charge is 0.336 e. The van der Waals surface area contributed by atoms with Gasteiger partial charge in [0.05, 0.1) is 27.5 Å². The minimum atomic E-state index is -2.93. The Morgan fingerprint density at radius 2 is 1.65 bits per heavy atom. The molecule has 0 spiro atoms. The zero-order chi connectivity index (χ0) is 30.3. The van der Waals surface area contributed by atoms with Crippen molar-refractivity contribution >= 4 is 38.6 Å². The maximum atomic E-state index is 11.5. The summed E-state index contributed by atoms with van der Waals surface area (Å²) in [7, 11) is -2.93. The number of aromatic carboxylic acids is 1. The number of likely N-dealkylation sites (tertiary alicyclic amines) is 1. The van der Waals surface area contributed by atoms with Gasteiger partial charge < -0.3 is 14.8 Å². The molecule has 0 atom stereocenters. The molecule has 1 aliphatic rings. The average Bonchev–Trinajstić information content (AvgIpc) is 3.33. The number of carboxylic acid groups (broad SMARTS) is 1. The SMILES string of the molecule is Cc1ccc(Oc2nc3nc(-c4ccc(-c5ccc(CN6CC(CS(C)(=O)=O)C6)cc5)cc4)c(Cl)cc3[nH]2)cc1C(=O)O. The summed E-state index contributed by atoms with van der Waals surface area (Å²) >= 11 is 6.60. The van der Waals surface area contributed by atoms with Crippen molar-refractivity contribution in [2.45, 2.75) is 13.5 Å². The fraction of sp³-hybridized carbons (Fsp3) is 0.219. The number of halogens is 1. The van der Waals surface area contributed by atoms with Crippen LogP contribution in [0.5, 0.6) is 11.8 Å². The molecule has 2 N–H and O–H groups in total. The van der Waals surface area contributed by atoms with E-state index >= 15 is 0 Å². The minimum Gasteiger partial charge on any atom is -0.478 e. The van der Waals surface area contributed by atoms with Crippen LogP contribution in [0.2, 0.25) is 5.02 Å². The number of pyridine rings is 1. The highest BCUT2D eigenvalue weighted by Gasteiger charge is 2.29. The number of ether oxygens (including phenoxy) is 1. The van der Waals surface area contributed by atoms with Crippen LogP contribution in [-0.4, -0.2) is 64.4 Å². The fourth-order valence-corrected chi connectivity index (χ4v) is 6.70. The van der Waals surface area contributed by atoms with E-state index in [4.69, 9.17) is 16.3 Å². The van der Waals surface area contributed by atoms with E-state index in [0.29, 0.717) is 33.2 Å². The number of carboxylic acids is 1. The molecule has 0 aliphatic carbocycles. The van der Waals surface area contributed by atoms with Crippen LogP contribution < -0.4 is 4.74 Å². The lowest BCUT2D eigenvalue weighted by molar-refractivity contribution is 0.0695. The van der Waals surface area contributed by atoms with E-state index < -0.39 is 15.8 Å². The molecule has 0 saturated carbocycles. The lowest BCUT2D eigenvalue weighted by Gasteiger charge is -2.39. The van der Waals surface area contributed by atoms with Crippen LogP contribution >= 0.6 is 11.6 Å². The Morgan fingerprint density at radius 1 is 1.00 bits per heavy atom. The summed E-state index contributed by atoms with van der Waals surface area (Å²) in [5.41, 5.74) is 6.55. The number of rotatable bonds is 9. The second-order valence-electron chi connectivity index (χ2n) is 11.0. The van der Waals surface area contributed by atoms with Gasteiger partial charge in [-0.3, -0.25) is 4.90 Å². The van der Waals surface area contributed by atoms with Gasteiger partial charge in [-0.05, 0) is 53.3 Å². The highest BCUT2D eigenvalue weighted by atomic mass is 35.5. The second kappa shape index (κ2) is 11.4. The van der Waals surface area contributed by atoms with Gasteiger partial charge in [0.25, 0.3) is 0 Å². The molecular formula is C32H29ClN4O5S. The van der Waals surface area contributed by atoms with E-state index in [1.54, 1.807) is 25.1 Å². The number of aromatic nitrogens is 3. The maximum absolute atomic E-state index is 11.5. The van der Waals surface area contributed by atoms with E-state index in [-0.39, 0.29) is 23.2 Å². The normalized spacial score (nSPS) is 14.1. The molecule has 5 aromatic rings. The number of benzene rings is 3. The molecule has 3 aromatic carbocycles. The molecule has 1 saturated heterocycles. The van der Waals surface area contributed by atoms with Crippen LogP contribution in [0.25, 0.3) is 33.5 Å². The molecule has 0 amide bonds. The van der Waals surface area contributed by atoms with Crippen molar-refractivity contribution in [3.05, 3.63) is 94.5 Å². The molecule has 1 fully saturated rings. The summed E-state index contributed by atoms with van der Waals surface area (Å²) in [5.74, 6) is -0.197. The largest absolute Gasteiger partial charge is 0.478 e. The average molecular weight is 617 g/mol. The molecule has 6 rings (SSSR count). The second-order valence-corrected chi connectivity index (χ2v) is 13.6. The Kier molecular flexibility index (Phi) is 7.68. The van der Waals surface area contributed by atoms with E-state index in [2.05, 4.69) is 44.1 Å². The van der Waals surface area contributed by atoms with Gasteiger partial charge in [0.2, 0.25) is 0 Å². The number of fused-ring (bicyclic) bond motifs is 1. The number of aromatic amines is 1. The number of hydrogen-bond donors (Lipinski definition) is 2. The van der Waals surface area contributed by atoms with E-state index in [1.807, 2.05) is 24.3 Å². The van der Waals surface area contributed by atoms with Crippen LogP contribution in [0, 0.1) is 12.8 Å². The summed E-state index contributed by atoms with van der Waals surface area (Å²) in [6.45, 7) is 4.15. The predicted molar refractivity (Wildman–Crippen MR) is 166 cm³/mol. The Bertz CT molecular complexity index is 1930. The summed E-state index contributed by atoms with van der Waals surface area (Å²) in [6, 6.07) is 23.1. The van der Waals surface area contributed by atoms with Crippen LogP contribution in [0.3, 0.4) is 0 Å². The molecule has 3 heterocycles. The number of imidazole rings is 1. The molecule has 9 nitrogen and oxygen atoms in total. The summed E-state index contributed by atoms with van der Waals surface area (Å²) < 4.78 is 28.7. The van der Waals surface area contributed by atoms with Crippen molar-refractivity contribution in [3.63, 3.8) is 0 Å². The Balaban J connectivity index is 1.13. The van der Waals surface area contributed by atoms with Gasteiger partial charge in [-0.1, -0.05) is 66.2 Å². The Labute approximate surface area is 254 Å². The number of H-pyrrole nitrogens is 1. The molecule has 2 aromatic heterocycles. The van der Waals surface area contributed by atoms with Crippen molar-refractivity contribution in [2.75, 3.05) is 25.1 Å². The monoisotopic (exact) mass is 616 g/mol. The van der Waals surface area contributed by atoms with Crippen LogP contribution in [0.1, 0.15) is 21.5 Å². The topological polar surface area (TPSA) is 125 Å². The van der Waals surface area contributed by atoms with Crippen molar-refractivity contribution in [1.29, 1.82) is 0 Å². The predicted octanol–water partition coefficient (Wildman–Crippen LogP) is 6.22. The van der Waals surface area contributed by atoms with Gasteiger partial charge in [0.15, 0.2) is 5.65 Å². The first kappa shape index (κ1) is 28.9. The lowest BCUT2D eigenvalue weighted by atomic mass is 9.99. The van der Waals surface area contributed by atoms with Crippen LogP contribution in [-0.2, 0) is 16.4 Å². The zero-order valence-corrected chi connectivity index (χ0v) is 25.1. The van der Waals surface area contributed by atoms with Crippen LogP contribution in [0.4, 0.5) is 0 Å². The quantitative estimate of drug-likeness (QED) is 0.200. The van der Waals surface area contributed by atoms with Gasteiger partial charge in [-0.15, -0.1) is 0 Å². The van der Waals surface area contributed by atoms with Crippen molar-refractivity contribution in [1.82, 2.24) is 19.9 Å². The third-order valence-electron chi connectivity index (χ3n) is 7.48. The highest BCUT2D eigenvalue weighted by Crippen LogP contribution is 2.32. The molecule has 43 heavy (non-hydrogen) atoms. The number of sulfone groups is 1. The molecule has 1 aliphatic heterocycles. The number of aryl methyl sites for hydroxylation is 1. The molecular weight excluding hydrogens is 588 g/mol. The first-order chi connectivity index (χ1) is 20.5. The number of nitrogens with one attached hydrogen (secondary N) is 1. The minimum absolute atomic E-state index is 0.157. The third kappa shape index (κ3) is 6.56. The maximum Gasteiger partial charge on any atom is 0.336 e. The van der Waals surface area contributed by atoms with E-state index in [0.717, 1.165) is 36.3 Å². The Morgan fingerprint density at radius 3 is 2.30 bits per heavy atom.